The molecule has 1 aliphatic carbocycles. The van der Waals surface area contributed by atoms with Gasteiger partial charge in [0.2, 0.25) is 11.8 Å². The van der Waals surface area contributed by atoms with Crippen molar-refractivity contribution in [1.82, 2.24) is 10.6 Å². The lowest BCUT2D eigenvalue weighted by Gasteiger charge is -2.20. The van der Waals surface area contributed by atoms with E-state index in [0.29, 0.717) is 29.8 Å². The van der Waals surface area contributed by atoms with E-state index in [1.807, 2.05) is 0 Å². The molecule has 2 atom stereocenters. The van der Waals surface area contributed by atoms with Gasteiger partial charge in [-0.05, 0) is 48.7 Å². The highest BCUT2D eigenvalue weighted by molar-refractivity contribution is 5.94. The van der Waals surface area contributed by atoms with Gasteiger partial charge in [0.05, 0.1) is 29.4 Å². The van der Waals surface area contributed by atoms with E-state index < -0.39 is 59.6 Å². The first-order chi connectivity index (χ1) is 18.7. The predicted octanol–water partition coefficient (Wildman–Crippen LogP) is 6.35. The van der Waals surface area contributed by atoms with E-state index in [1.165, 1.54) is 0 Å². The molecule has 2 unspecified atom stereocenters. The fourth-order valence-corrected chi connectivity index (χ4v) is 4.16. The summed E-state index contributed by atoms with van der Waals surface area (Å²) in [6.07, 6.45) is -2.84. The number of amides is 2. The van der Waals surface area contributed by atoms with Gasteiger partial charge in [0.25, 0.3) is 5.91 Å². The Morgan fingerprint density at radius 3 is 2.27 bits per heavy atom. The molecule has 4 N–H and O–H groups in total. The van der Waals surface area contributed by atoms with Crippen LogP contribution in [-0.2, 0) is 11.3 Å². The van der Waals surface area contributed by atoms with Crippen molar-refractivity contribution in [2.75, 3.05) is 17.2 Å². The third kappa shape index (κ3) is 9.30. The Bertz CT molecular complexity index is 1180. The Balaban J connectivity index is 0.000000472. The average Bonchev–Trinajstić information content (AvgIpc) is 3.29. The summed E-state index contributed by atoms with van der Waals surface area (Å²) >= 11 is 0. The Morgan fingerprint density at radius 2 is 1.65 bits per heavy atom. The highest BCUT2D eigenvalue weighted by Gasteiger charge is 2.37. The van der Waals surface area contributed by atoms with Crippen LogP contribution >= 0.6 is 0 Å². The minimum atomic E-state index is -4.43. The Kier molecular flexibility index (Phi) is 10.3. The molecule has 6 nitrogen and oxygen atoms in total. The van der Waals surface area contributed by atoms with Crippen molar-refractivity contribution < 1.29 is 40.3 Å². The van der Waals surface area contributed by atoms with Crippen molar-refractivity contribution in [3.05, 3.63) is 59.2 Å². The summed E-state index contributed by atoms with van der Waals surface area (Å²) < 4.78 is 89.0. The van der Waals surface area contributed by atoms with Crippen LogP contribution in [0.1, 0.15) is 61.4 Å². The topological polar surface area (TPSA) is 82.3 Å². The summed E-state index contributed by atoms with van der Waals surface area (Å²) in [5.74, 6) is -7.09. The molecule has 0 radical (unpaired) electrons. The van der Waals surface area contributed by atoms with E-state index >= 15 is 0 Å². The van der Waals surface area contributed by atoms with Gasteiger partial charge in [0, 0.05) is 25.8 Å². The molecule has 1 fully saturated rings. The van der Waals surface area contributed by atoms with Crippen LogP contribution in [0.15, 0.2) is 36.4 Å². The SMILES string of the molecule is CC(CC(=O)NCc1ccc2c(c1)NC(CNC(=O)c1cc(F)ccc1F)N2)C(F)(F)F.FC1(F)CCCCC1. The fourth-order valence-electron chi connectivity index (χ4n) is 4.16. The van der Waals surface area contributed by atoms with E-state index in [4.69, 9.17) is 0 Å². The van der Waals surface area contributed by atoms with Crippen molar-refractivity contribution >= 4 is 23.2 Å². The number of anilines is 2. The van der Waals surface area contributed by atoms with Crippen LogP contribution in [0.25, 0.3) is 0 Å². The molecule has 2 amide bonds. The van der Waals surface area contributed by atoms with Crippen molar-refractivity contribution in [2.24, 2.45) is 5.92 Å². The second-order valence-corrected chi connectivity index (χ2v) is 9.90. The van der Waals surface area contributed by atoms with Crippen LogP contribution in [-0.4, -0.2) is 36.6 Å². The molecule has 0 saturated heterocycles. The molecule has 220 valence electrons. The van der Waals surface area contributed by atoms with E-state index in [1.54, 1.807) is 18.2 Å². The summed E-state index contributed by atoms with van der Waals surface area (Å²) in [7, 11) is 0. The zero-order chi connectivity index (χ0) is 29.5. The number of hydrogen-bond acceptors (Lipinski definition) is 4. The van der Waals surface area contributed by atoms with Crippen LogP contribution in [0, 0.1) is 17.6 Å². The highest BCUT2D eigenvalue weighted by Crippen LogP contribution is 2.32. The first-order valence-corrected chi connectivity index (χ1v) is 12.8. The summed E-state index contributed by atoms with van der Waals surface area (Å²) in [6, 6.07) is 7.73. The Labute approximate surface area is 227 Å². The largest absolute Gasteiger partial charge is 0.392 e. The zero-order valence-electron chi connectivity index (χ0n) is 21.7. The van der Waals surface area contributed by atoms with Gasteiger partial charge in [-0.1, -0.05) is 19.4 Å². The molecular weight excluding hydrogens is 545 g/mol. The smallest absolute Gasteiger partial charge is 0.362 e. The third-order valence-corrected chi connectivity index (χ3v) is 6.51. The first kappa shape index (κ1) is 31.0. The molecule has 2 aromatic rings. The molecule has 0 spiro atoms. The molecule has 40 heavy (non-hydrogen) atoms. The fraction of sp³-hybridized carbons (Fsp3) is 0.481. The number of halogens is 7. The molecule has 0 aromatic heterocycles. The van der Waals surface area contributed by atoms with Crippen molar-refractivity contribution in [1.29, 1.82) is 0 Å². The number of carbonyl (C=O) groups is 2. The van der Waals surface area contributed by atoms with Crippen molar-refractivity contribution in [3.63, 3.8) is 0 Å². The van der Waals surface area contributed by atoms with E-state index in [0.717, 1.165) is 31.5 Å². The summed E-state index contributed by atoms with van der Waals surface area (Å²) in [4.78, 5) is 23.8. The van der Waals surface area contributed by atoms with Crippen LogP contribution < -0.4 is 21.3 Å². The van der Waals surface area contributed by atoms with Gasteiger partial charge in [-0.2, -0.15) is 13.2 Å². The van der Waals surface area contributed by atoms with Gasteiger partial charge < -0.3 is 21.3 Å². The summed E-state index contributed by atoms with van der Waals surface area (Å²) in [5.41, 5.74) is 1.63. The first-order valence-electron chi connectivity index (χ1n) is 12.8. The Morgan fingerprint density at radius 1 is 0.975 bits per heavy atom. The summed E-state index contributed by atoms with van der Waals surface area (Å²) in [6.45, 7) is 1.07. The number of hydrogen-bond donors (Lipinski definition) is 4. The maximum absolute atomic E-state index is 13.7. The standard InChI is InChI=1S/C21H21F5N4O2.C6H10F2/c1-11(21(24,25)26)6-19(31)27-9-12-2-5-16-17(7-12)30-18(29-16)10-28-20(32)14-8-13(22)3-4-15(14)23;7-6(8)4-2-1-3-5-6/h2-5,7-8,11,18,29-30H,6,9-10H2,1H3,(H,27,31)(H,28,32);1-5H2. The third-order valence-electron chi connectivity index (χ3n) is 6.51. The number of nitrogens with one attached hydrogen (secondary N) is 4. The van der Waals surface area contributed by atoms with Gasteiger partial charge in [-0.15, -0.1) is 0 Å². The van der Waals surface area contributed by atoms with Gasteiger partial charge in [0.15, 0.2) is 0 Å². The molecule has 2 aliphatic rings. The molecule has 13 heteroatoms. The summed E-state index contributed by atoms with van der Waals surface area (Å²) in [5, 5.41) is 11.2. The minimum absolute atomic E-state index is 0.0542. The maximum Gasteiger partial charge on any atom is 0.392 e. The lowest BCUT2D eigenvalue weighted by Crippen LogP contribution is -2.38. The molecular formula is C27H31F7N4O2. The number of fused-ring (bicyclic) bond motifs is 1. The molecule has 1 saturated carbocycles. The molecule has 4 rings (SSSR count). The number of carbonyl (C=O) groups excluding carboxylic acids is 2. The molecule has 2 aromatic carbocycles. The molecule has 1 aliphatic heterocycles. The Hall–Kier alpha value is -3.51. The second-order valence-electron chi connectivity index (χ2n) is 9.90. The maximum atomic E-state index is 13.7. The van der Waals surface area contributed by atoms with Crippen LogP contribution in [0.4, 0.5) is 42.1 Å². The normalized spacial score (nSPS) is 18.2. The average molecular weight is 577 g/mol. The van der Waals surface area contributed by atoms with Gasteiger partial charge in [-0.3, -0.25) is 9.59 Å². The molecule has 0 bridgehead atoms. The highest BCUT2D eigenvalue weighted by atomic mass is 19.4. The second kappa shape index (κ2) is 13.2. The number of benzene rings is 2. The van der Waals surface area contributed by atoms with Crippen LogP contribution in [0.2, 0.25) is 0 Å². The van der Waals surface area contributed by atoms with E-state index in [-0.39, 0.29) is 25.9 Å². The molecule has 1 heterocycles. The van der Waals surface area contributed by atoms with Crippen LogP contribution in [0.5, 0.6) is 0 Å². The lowest BCUT2D eigenvalue weighted by molar-refractivity contribution is -0.174. The lowest BCUT2D eigenvalue weighted by atomic mass is 9.97. The number of alkyl halides is 5. The predicted molar refractivity (Wildman–Crippen MR) is 136 cm³/mol. The minimum Gasteiger partial charge on any atom is -0.362 e. The van der Waals surface area contributed by atoms with Gasteiger partial charge >= 0.3 is 6.18 Å². The van der Waals surface area contributed by atoms with Crippen molar-refractivity contribution in [3.8, 4) is 0 Å². The monoisotopic (exact) mass is 576 g/mol. The zero-order valence-corrected chi connectivity index (χ0v) is 21.7. The van der Waals surface area contributed by atoms with E-state index in [2.05, 4.69) is 21.3 Å². The van der Waals surface area contributed by atoms with Gasteiger partial charge in [0.1, 0.15) is 17.8 Å². The van der Waals surface area contributed by atoms with Crippen molar-refractivity contribution in [2.45, 2.75) is 70.3 Å². The number of rotatable bonds is 7. The quantitative estimate of drug-likeness (QED) is 0.290. The van der Waals surface area contributed by atoms with Gasteiger partial charge in [-0.25, -0.2) is 17.6 Å². The van der Waals surface area contributed by atoms with E-state index in [9.17, 15) is 40.3 Å². The van der Waals surface area contributed by atoms with Crippen LogP contribution in [0.3, 0.4) is 0 Å².